The highest BCUT2D eigenvalue weighted by molar-refractivity contribution is 6.33. The molecule has 8 nitrogen and oxygen atoms in total. The number of hydrogen-bond donors (Lipinski definition) is 3. The summed E-state index contributed by atoms with van der Waals surface area (Å²) >= 11 is 0. The largest absolute Gasteiger partial charge is 0.507 e. The Kier molecular flexibility index (Phi) is 6.64. The van der Waals surface area contributed by atoms with Crippen molar-refractivity contribution >= 4 is 35.0 Å². The fraction of sp³-hybridized carbons (Fsp3) is 0.441. The maximum atomic E-state index is 14.5. The third-order valence-electron chi connectivity index (χ3n) is 10.7. The van der Waals surface area contributed by atoms with Gasteiger partial charge < -0.3 is 15.3 Å². The lowest BCUT2D eigenvalue weighted by Crippen LogP contribution is -2.81. The highest BCUT2D eigenvalue weighted by atomic mass is 16.3. The van der Waals surface area contributed by atoms with Gasteiger partial charge in [-0.25, -0.2) is 0 Å². The number of fused-ring (bicyclic) bond motifs is 3. The van der Waals surface area contributed by atoms with Crippen molar-refractivity contribution in [3.8, 4) is 16.9 Å². The Hall–Kier alpha value is -3.75. The molecule has 2 fully saturated rings. The summed E-state index contributed by atoms with van der Waals surface area (Å²) in [6, 6.07) is 10.5. The molecule has 0 heterocycles. The predicted octanol–water partition coefficient (Wildman–Crippen LogP) is 3.93. The molecule has 3 aliphatic carbocycles. The number of aliphatic hydroxyl groups is 2. The van der Waals surface area contributed by atoms with E-state index in [-0.39, 0.29) is 11.3 Å². The summed E-state index contributed by atoms with van der Waals surface area (Å²) in [4.78, 5) is 68.9. The monoisotopic (exact) mass is 572 g/mol. The minimum Gasteiger partial charge on any atom is -0.507 e. The van der Waals surface area contributed by atoms with Gasteiger partial charge in [-0.05, 0) is 35.4 Å². The molecule has 8 atom stereocenters. The van der Waals surface area contributed by atoms with Crippen molar-refractivity contribution in [1.82, 2.24) is 0 Å². The van der Waals surface area contributed by atoms with Crippen LogP contribution in [-0.2, 0) is 19.2 Å². The standard InChI is InChI=1S/C34H36O8/c1-8-18-9-11-19(12-10-18)21-14-13-20-16(4)32(6)25(28(38)23(20)26(21)36)30(40)34(42)29(39)22(17(5)35)27(37)24(15(2)3)33(34,7)31(32)41/h8-16,22,24-25,31,36,41-42H,1H2,2-7H3/t16-,22?,24?,25?,31-,32+,33+,34+/m1/s1. The van der Waals surface area contributed by atoms with Gasteiger partial charge in [0.2, 0.25) is 0 Å². The summed E-state index contributed by atoms with van der Waals surface area (Å²) in [6.45, 7) is 12.7. The van der Waals surface area contributed by atoms with Crippen LogP contribution in [-0.4, -0.2) is 55.9 Å². The molecular formula is C34H36O8. The molecule has 3 unspecified atom stereocenters. The number of hydrogen-bond acceptors (Lipinski definition) is 8. The molecule has 0 saturated heterocycles. The Labute approximate surface area is 244 Å². The van der Waals surface area contributed by atoms with E-state index < -0.39 is 81.0 Å². The molecule has 2 aromatic carbocycles. The van der Waals surface area contributed by atoms with Gasteiger partial charge in [0.05, 0.1) is 17.6 Å². The van der Waals surface area contributed by atoms with Gasteiger partial charge in [-0.3, -0.25) is 24.0 Å². The van der Waals surface area contributed by atoms with E-state index in [1.165, 1.54) is 6.92 Å². The van der Waals surface area contributed by atoms with Crippen LogP contribution >= 0.6 is 0 Å². The van der Waals surface area contributed by atoms with Crippen LogP contribution in [0.2, 0.25) is 0 Å². The lowest BCUT2D eigenvalue weighted by molar-refractivity contribution is -0.240. The number of benzene rings is 2. The van der Waals surface area contributed by atoms with Crippen LogP contribution in [0.4, 0.5) is 0 Å². The number of Topliss-reactive ketones (excluding diaryl/α,β-unsaturated/α-hetero) is 5. The zero-order chi connectivity index (χ0) is 31.3. The number of carbonyl (C=O) groups is 5. The average Bonchev–Trinajstić information content (AvgIpc) is 2.93. The maximum Gasteiger partial charge on any atom is 0.191 e. The zero-order valence-corrected chi connectivity index (χ0v) is 24.6. The molecule has 0 bridgehead atoms. The number of ketones is 5. The van der Waals surface area contributed by atoms with Crippen molar-refractivity contribution < 1.29 is 39.3 Å². The maximum absolute atomic E-state index is 14.5. The van der Waals surface area contributed by atoms with Gasteiger partial charge in [0.15, 0.2) is 28.7 Å². The number of phenols is 1. The van der Waals surface area contributed by atoms with E-state index >= 15 is 0 Å². The van der Waals surface area contributed by atoms with Crippen molar-refractivity contribution in [2.24, 2.45) is 34.5 Å². The summed E-state index contributed by atoms with van der Waals surface area (Å²) < 4.78 is 0. The Bertz CT molecular complexity index is 1590. The molecule has 220 valence electrons. The second-order valence-corrected chi connectivity index (χ2v) is 12.9. The van der Waals surface area contributed by atoms with E-state index in [0.717, 1.165) is 12.5 Å². The Morgan fingerprint density at radius 3 is 2.12 bits per heavy atom. The van der Waals surface area contributed by atoms with Crippen molar-refractivity contribution in [2.45, 2.75) is 59.2 Å². The molecule has 0 aliphatic heterocycles. The SMILES string of the molecule is C=Cc1ccc(-c2ccc3c(c2O)C(=O)C2C(=O)[C@@]4(O)C(=O)C(C(C)=O)C(=O)C(C(C)C)[C@@]4(C)[C@H](O)[C@@]2(C)[C@@H]3C)cc1. The molecule has 3 N–H and O–H groups in total. The predicted molar refractivity (Wildman–Crippen MR) is 155 cm³/mol. The molecule has 0 radical (unpaired) electrons. The van der Waals surface area contributed by atoms with E-state index in [1.54, 1.807) is 70.2 Å². The van der Waals surface area contributed by atoms with Gasteiger partial charge in [0.25, 0.3) is 0 Å². The normalized spacial score (nSPS) is 35.9. The van der Waals surface area contributed by atoms with Crippen LogP contribution in [0.25, 0.3) is 17.2 Å². The quantitative estimate of drug-likeness (QED) is 0.467. The van der Waals surface area contributed by atoms with E-state index in [9.17, 15) is 39.3 Å². The first-order valence-corrected chi connectivity index (χ1v) is 14.2. The Morgan fingerprint density at radius 2 is 1.60 bits per heavy atom. The third kappa shape index (κ3) is 3.33. The van der Waals surface area contributed by atoms with Crippen LogP contribution < -0.4 is 0 Å². The fourth-order valence-corrected chi connectivity index (χ4v) is 8.39. The first-order chi connectivity index (χ1) is 19.5. The van der Waals surface area contributed by atoms with E-state index in [2.05, 4.69) is 6.58 Å². The van der Waals surface area contributed by atoms with Gasteiger partial charge in [0, 0.05) is 22.3 Å². The molecule has 0 aromatic heterocycles. The summed E-state index contributed by atoms with van der Waals surface area (Å²) in [7, 11) is 0. The number of aliphatic hydroxyl groups excluding tert-OH is 1. The fourth-order valence-electron chi connectivity index (χ4n) is 8.39. The summed E-state index contributed by atoms with van der Waals surface area (Å²) in [5.74, 6) is -11.4. The van der Waals surface area contributed by atoms with Crippen molar-refractivity contribution in [3.05, 3.63) is 59.7 Å². The van der Waals surface area contributed by atoms with Crippen LogP contribution in [0.1, 0.15) is 68.9 Å². The molecule has 2 aromatic rings. The van der Waals surface area contributed by atoms with Crippen LogP contribution in [0, 0.1) is 34.5 Å². The van der Waals surface area contributed by atoms with Crippen LogP contribution in [0.5, 0.6) is 5.75 Å². The summed E-state index contributed by atoms with van der Waals surface area (Å²) in [5.41, 5.74) is -4.48. The number of carbonyl (C=O) groups excluding carboxylic acids is 5. The second-order valence-electron chi connectivity index (χ2n) is 12.9. The van der Waals surface area contributed by atoms with Gasteiger partial charge in [-0.15, -0.1) is 0 Å². The molecule has 0 spiro atoms. The molecule has 5 rings (SSSR count). The van der Waals surface area contributed by atoms with Gasteiger partial charge in [-0.1, -0.05) is 83.7 Å². The smallest absolute Gasteiger partial charge is 0.191 e. The zero-order valence-electron chi connectivity index (χ0n) is 24.6. The van der Waals surface area contributed by atoms with E-state index in [0.29, 0.717) is 16.7 Å². The summed E-state index contributed by atoms with van der Waals surface area (Å²) in [5, 5.41) is 35.9. The van der Waals surface area contributed by atoms with Gasteiger partial charge in [0.1, 0.15) is 17.5 Å². The van der Waals surface area contributed by atoms with Crippen LogP contribution in [0.3, 0.4) is 0 Å². The third-order valence-corrected chi connectivity index (χ3v) is 10.7. The highest BCUT2D eigenvalue weighted by Gasteiger charge is 2.80. The van der Waals surface area contributed by atoms with Crippen molar-refractivity contribution in [2.75, 3.05) is 0 Å². The topological polar surface area (TPSA) is 146 Å². The molecule has 3 aliphatic rings. The first-order valence-electron chi connectivity index (χ1n) is 14.2. The molecule has 0 amide bonds. The summed E-state index contributed by atoms with van der Waals surface area (Å²) in [6.07, 6.45) is -0.0203. The molecule has 8 heteroatoms. The molecule has 42 heavy (non-hydrogen) atoms. The second kappa shape index (κ2) is 9.38. The first kappa shape index (κ1) is 29.7. The number of aromatic hydroxyl groups is 1. The van der Waals surface area contributed by atoms with Gasteiger partial charge >= 0.3 is 0 Å². The average molecular weight is 573 g/mol. The minimum absolute atomic E-state index is 0.120. The highest BCUT2D eigenvalue weighted by Crippen LogP contribution is 2.66. The van der Waals surface area contributed by atoms with Crippen molar-refractivity contribution in [1.29, 1.82) is 0 Å². The van der Waals surface area contributed by atoms with Crippen LogP contribution in [0.15, 0.2) is 43.0 Å². The minimum atomic E-state index is -2.99. The lowest BCUT2D eigenvalue weighted by Gasteiger charge is -2.65. The molecule has 2 saturated carbocycles. The van der Waals surface area contributed by atoms with E-state index in [1.807, 2.05) is 0 Å². The number of rotatable bonds is 4. The molecular weight excluding hydrogens is 536 g/mol. The van der Waals surface area contributed by atoms with Gasteiger partial charge in [-0.2, -0.15) is 0 Å². The lowest BCUT2D eigenvalue weighted by atomic mass is 9.37. The Morgan fingerprint density at radius 1 is 1.00 bits per heavy atom. The van der Waals surface area contributed by atoms with Crippen molar-refractivity contribution in [3.63, 3.8) is 0 Å². The Balaban J connectivity index is 1.76. The van der Waals surface area contributed by atoms with E-state index in [4.69, 9.17) is 0 Å². The number of phenolic OH excluding ortho intramolecular Hbond substituents is 1.